The third-order valence-electron chi connectivity index (χ3n) is 3.01. The third-order valence-corrected chi connectivity index (χ3v) is 3.26. The summed E-state index contributed by atoms with van der Waals surface area (Å²) in [5.41, 5.74) is -0.423. The van der Waals surface area contributed by atoms with Crippen LogP contribution in [0.5, 0.6) is 0 Å². The van der Waals surface area contributed by atoms with Crippen LogP contribution in [-0.4, -0.2) is 26.9 Å². The topological polar surface area (TPSA) is 81.0 Å². The number of rotatable bonds is 4. The van der Waals surface area contributed by atoms with E-state index in [4.69, 9.17) is 11.6 Å². The summed E-state index contributed by atoms with van der Waals surface area (Å²) >= 11 is 5.71. The molecule has 0 aliphatic rings. The predicted molar refractivity (Wildman–Crippen MR) is 80.9 cm³/mol. The van der Waals surface area contributed by atoms with Gasteiger partial charge in [0.15, 0.2) is 0 Å². The second-order valence-corrected chi connectivity index (χ2v) is 5.21. The Morgan fingerprint density at radius 1 is 1.29 bits per heavy atom. The van der Waals surface area contributed by atoms with E-state index in [1.54, 1.807) is 24.3 Å². The maximum Gasteiger partial charge on any atom is 0.451 e. The van der Waals surface area contributed by atoms with Crippen LogP contribution in [0.15, 0.2) is 29.1 Å². The summed E-state index contributed by atoms with van der Waals surface area (Å²) < 4.78 is 39.0. The smallest absolute Gasteiger partial charge is 0.336 e. The van der Waals surface area contributed by atoms with Gasteiger partial charge in [-0.3, -0.25) is 4.57 Å². The Balaban J connectivity index is 1.91. The number of carbonyl (C=O) groups excluding carboxylic acids is 1. The lowest BCUT2D eigenvalue weighted by Gasteiger charge is -2.07. The average Bonchev–Trinajstić information content (AvgIpc) is 2.78. The Morgan fingerprint density at radius 3 is 2.46 bits per heavy atom. The van der Waals surface area contributed by atoms with Crippen molar-refractivity contribution < 1.29 is 18.0 Å². The Hall–Kier alpha value is -2.49. The lowest BCUT2D eigenvalue weighted by molar-refractivity contribution is -0.147. The van der Waals surface area contributed by atoms with E-state index in [0.717, 1.165) is 7.05 Å². The maximum absolute atomic E-state index is 12.6. The van der Waals surface area contributed by atoms with Gasteiger partial charge in [0.2, 0.25) is 5.82 Å². The first-order valence-corrected chi connectivity index (χ1v) is 7.07. The van der Waals surface area contributed by atoms with E-state index >= 15 is 0 Å². The fourth-order valence-electron chi connectivity index (χ4n) is 1.86. The molecule has 1 aromatic carbocycles. The Morgan fingerprint density at radius 2 is 1.92 bits per heavy atom. The van der Waals surface area contributed by atoms with Crippen molar-refractivity contribution in [2.24, 2.45) is 7.05 Å². The van der Waals surface area contributed by atoms with Crippen molar-refractivity contribution in [2.75, 3.05) is 11.9 Å². The molecule has 24 heavy (non-hydrogen) atoms. The van der Waals surface area contributed by atoms with Crippen molar-refractivity contribution in [2.45, 2.75) is 12.7 Å². The molecular formula is C13H13ClF3N5O2. The van der Waals surface area contributed by atoms with Crippen molar-refractivity contribution in [3.05, 3.63) is 45.6 Å². The van der Waals surface area contributed by atoms with Gasteiger partial charge in [0.05, 0.1) is 6.54 Å². The number of halogens is 4. The highest BCUT2D eigenvalue weighted by atomic mass is 35.5. The van der Waals surface area contributed by atoms with Gasteiger partial charge in [-0.05, 0) is 24.3 Å². The van der Waals surface area contributed by atoms with Gasteiger partial charge in [-0.2, -0.15) is 13.2 Å². The van der Waals surface area contributed by atoms with E-state index in [9.17, 15) is 22.8 Å². The van der Waals surface area contributed by atoms with Crippen molar-refractivity contribution in [1.82, 2.24) is 19.7 Å². The zero-order chi connectivity index (χ0) is 17.9. The van der Waals surface area contributed by atoms with Crippen molar-refractivity contribution >= 4 is 23.3 Å². The molecule has 2 amide bonds. The molecule has 1 heterocycles. The number of hydrogen-bond acceptors (Lipinski definition) is 3. The van der Waals surface area contributed by atoms with E-state index in [2.05, 4.69) is 15.7 Å². The molecule has 130 valence electrons. The SMILES string of the molecule is Cn1c(C(F)(F)F)nn(CCNC(=O)Nc2ccc(Cl)cc2)c1=O. The molecular weight excluding hydrogens is 351 g/mol. The molecule has 0 bridgehead atoms. The molecule has 0 saturated carbocycles. The quantitative estimate of drug-likeness (QED) is 0.872. The van der Waals surface area contributed by atoms with Crippen LogP contribution in [-0.2, 0) is 19.8 Å². The van der Waals surface area contributed by atoms with Crippen LogP contribution < -0.4 is 16.3 Å². The minimum absolute atomic E-state index is 0.0758. The number of amides is 2. The molecule has 0 spiro atoms. The second kappa shape index (κ2) is 6.95. The molecule has 0 radical (unpaired) electrons. The highest BCUT2D eigenvalue weighted by molar-refractivity contribution is 6.30. The highest BCUT2D eigenvalue weighted by Crippen LogP contribution is 2.25. The fraction of sp³-hybridized carbons (Fsp3) is 0.308. The van der Waals surface area contributed by atoms with Crippen LogP contribution in [0, 0.1) is 0 Å². The summed E-state index contributed by atoms with van der Waals surface area (Å²) in [6, 6.07) is 5.77. The lowest BCUT2D eigenvalue weighted by Crippen LogP contribution is -2.34. The molecule has 11 heteroatoms. The molecule has 0 aliphatic heterocycles. The average molecular weight is 364 g/mol. The van der Waals surface area contributed by atoms with Gasteiger partial charge in [0, 0.05) is 24.3 Å². The summed E-state index contributed by atoms with van der Waals surface area (Å²) in [6.45, 7) is -0.273. The van der Waals surface area contributed by atoms with E-state index in [1.807, 2.05) is 0 Å². The minimum Gasteiger partial charge on any atom is -0.336 e. The zero-order valence-corrected chi connectivity index (χ0v) is 13.1. The monoisotopic (exact) mass is 363 g/mol. The number of nitrogens with one attached hydrogen (secondary N) is 2. The maximum atomic E-state index is 12.6. The highest BCUT2D eigenvalue weighted by Gasteiger charge is 2.37. The Kier molecular flexibility index (Phi) is 5.17. The van der Waals surface area contributed by atoms with Gasteiger partial charge in [-0.15, -0.1) is 5.10 Å². The molecule has 0 fully saturated rings. The number of aromatic nitrogens is 3. The molecule has 2 N–H and O–H groups in total. The molecule has 0 unspecified atom stereocenters. The van der Waals surface area contributed by atoms with Gasteiger partial charge < -0.3 is 10.6 Å². The summed E-state index contributed by atoms with van der Waals surface area (Å²) in [4.78, 5) is 23.3. The predicted octanol–water partition coefficient (Wildman–Crippen LogP) is 2.08. The largest absolute Gasteiger partial charge is 0.451 e. The van der Waals surface area contributed by atoms with Crippen LogP contribution in [0.4, 0.5) is 23.7 Å². The minimum atomic E-state index is -4.72. The van der Waals surface area contributed by atoms with Crippen molar-refractivity contribution in [3.63, 3.8) is 0 Å². The number of hydrogen-bond donors (Lipinski definition) is 2. The number of urea groups is 1. The van der Waals surface area contributed by atoms with Gasteiger partial charge in [-0.25, -0.2) is 14.3 Å². The number of carbonyl (C=O) groups is 1. The lowest BCUT2D eigenvalue weighted by atomic mass is 10.3. The first-order valence-electron chi connectivity index (χ1n) is 6.70. The van der Waals surface area contributed by atoms with Crippen LogP contribution in [0.1, 0.15) is 5.82 Å². The zero-order valence-electron chi connectivity index (χ0n) is 12.4. The summed E-state index contributed by atoms with van der Waals surface area (Å²) in [6.07, 6.45) is -4.72. The van der Waals surface area contributed by atoms with Gasteiger partial charge in [0.1, 0.15) is 0 Å². The molecule has 2 aromatic rings. The first kappa shape index (κ1) is 17.9. The number of anilines is 1. The molecule has 0 saturated heterocycles. The molecule has 0 aliphatic carbocycles. The summed E-state index contributed by atoms with van der Waals surface area (Å²) in [7, 11) is 0.981. The number of nitrogens with zero attached hydrogens (tertiary/aromatic N) is 3. The molecule has 7 nitrogen and oxygen atoms in total. The Labute approximate surface area is 139 Å². The van der Waals surface area contributed by atoms with Crippen LogP contribution in [0.2, 0.25) is 5.02 Å². The fourth-order valence-corrected chi connectivity index (χ4v) is 1.99. The van der Waals surface area contributed by atoms with Crippen LogP contribution in [0.25, 0.3) is 0 Å². The normalized spacial score (nSPS) is 11.4. The molecule has 0 atom stereocenters. The van der Waals surface area contributed by atoms with Crippen LogP contribution >= 0.6 is 11.6 Å². The summed E-state index contributed by atoms with van der Waals surface area (Å²) in [5, 5.41) is 8.66. The van der Waals surface area contributed by atoms with E-state index in [0.29, 0.717) is 20.0 Å². The first-order chi connectivity index (χ1) is 11.2. The molecule has 2 rings (SSSR count). The van der Waals surface area contributed by atoms with E-state index < -0.39 is 23.7 Å². The van der Waals surface area contributed by atoms with Crippen molar-refractivity contribution in [3.8, 4) is 0 Å². The van der Waals surface area contributed by atoms with E-state index in [1.165, 1.54) is 0 Å². The third kappa shape index (κ3) is 4.28. The van der Waals surface area contributed by atoms with Gasteiger partial charge >= 0.3 is 17.9 Å². The molecule has 1 aromatic heterocycles. The number of alkyl halides is 3. The van der Waals surface area contributed by atoms with E-state index in [-0.39, 0.29) is 13.1 Å². The summed E-state index contributed by atoms with van der Waals surface area (Å²) in [5.74, 6) is -1.29. The van der Waals surface area contributed by atoms with Crippen molar-refractivity contribution in [1.29, 1.82) is 0 Å². The van der Waals surface area contributed by atoms with Gasteiger partial charge in [-0.1, -0.05) is 11.6 Å². The van der Waals surface area contributed by atoms with Crippen LogP contribution in [0.3, 0.4) is 0 Å². The Bertz CT molecular complexity index is 782. The second-order valence-electron chi connectivity index (χ2n) is 4.77. The van der Waals surface area contributed by atoms with Gasteiger partial charge in [0.25, 0.3) is 0 Å². The standard InChI is InChI=1S/C13H13ClF3N5O2/c1-21-10(13(15,16)17)20-22(12(21)24)7-6-18-11(23)19-9-4-2-8(14)3-5-9/h2-5H,6-7H2,1H3,(H2,18,19,23). The number of benzene rings is 1.